The molecule has 0 N–H and O–H groups in total. The molecule has 5 aliphatic rings. The summed E-state index contributed by atoms with van der Waals surface area (Å²) in [4.78, 5) is 16.8. The zero-order valence-corrected chi connectivity index (χ0v) is 17.6. The van der Waals surface area contributed by atoms with Crippen molar-refractivity contribution in [3.05, 3.63) is 58.7 Å². The van der Waals surface area contributed by atoms with Gasteiger partial charge in [-0.25, -0.2) is 0 Å². The third-order valence-corrected chi connectivity index (χ3v) is 9.14. The van der Waals surface area contributed by atoms with E-state index in [-0.39, 0.29) is 16.9 Å². The fourth-order valence-electron chi connectivity index (χ4n) is 7.86. The van der Waals surface area contributed by atoms with E-state index in [4.69, 9.17) is 9.47 Å². The van der Waals surface area contributed by atoms with Gasteiger partial charge in [-0.1, -0.05) is 30.3 Å². The molecule has 2 aromatic rings. The van der Waals surface area contributed by atoms with E-state index in [2.05, 4.69) is 42.3 Å². The van der Waals surface area contributed by atoms with Crippen LogP contribution in [-0.4, -0.2) is 43.5 Å². The zero-order valence-electron chi connectivity index (χ0n) is 17.6. The first-order valence-electron chi connectivity index (χ1n) is 11.3. The molecule has 2 heterocycles. The Bertz CT molecular complexity index is 1080. The molecule has 2 aliphatic heterocycles. The van der Waals surface area contributed by atoms with E-state index in [1.807, 2.05) is 6.07 Å². The molecule has 0 amide bonds. The number of fused-ring (bicyclic) bond motifs is 1. The molecule has 2 aromatic carbocycles. The first kappa shape index (κ1) is 17.4. The van der Waals surface area contributed by atoms with Gasteiger partial charge in [0.15, 0.2) is 23.4 Å². The minimum Gasteiger partial charge on any atom is -0.493 e. The Morgan fingerprint density at radius 3 is 2.60 bits per heavy atom. The van der Waals surface area contributed by atoms with Gasteiger partial charge in [-0.2, -0.15) is 0 Å². The van der Waals surface area contributed by atoms with Crippen LogP contribution in [-0.2, 0) is 29.5 Å². The topological polar surface area (TPSA) is 38.8 Å². The third kappa shape index (κ3) is 1.82. The summed E-state index contributed by atoms with van der Waals surface area (Å²) in [6, 6.07) is 13.4. The second-order valence-corrected chi connectivity index (χ2v) is 10.2. The van der Waals surface area contributed by atoms with Gasteiger partial charge in [0, 0.05) is 22.4 Å². The molecule has 4 nitrogen and oxygen atoms in total. The monoisotopic (exact) mass is 401 g/mol. The summed E-state index contributed by atoms with van der Waals surface area (Å²) in [5.74, 6) is 2.43. The molecule has 1 saturated heterocycles. The Morgan fingerprint density at radius 1 is 1.10 bits per heavy atom. The molecule has 2 bridgehead atoms. The number of nitrogens with zero attached hydrogens (tertiary/aromatic N) is 1. The van der Waals surface area contributed by atoms with Gasteiger partial charge in [0.05, 0.1) is 7.11 Å². The Hall–Kier alpha value is -2.33. The van der Waals surface area contributed by atoms with Crippen LogP contribution in [0.4, 0.5) is 0 Å². The number of likely N-dealkylation sites (tertiary alicyclic amines) is 1. The first-order chi connectivity index (χ1) is 14.6. The van der Waals surface area contributed by atoms with Gasteiger partial charge < -0.3 is 14.4 Å². The quantitative estimate of drug-likeness (QED) is 0.735. The van der Waals surface area contributed by atoms with Crippen LogP contribution >= 0.6 is 0 Å². The highest BCUT2D eigenvalue weighted by molar-refractivity contribution is 5.95. The van der Waals surface area contributed by atoms with Crippen molar-refractivity contribution >= 4 is 5.78 Å². The summed E-state index contributed by atoms with van der Waals surface area (Å²) in [5.41, 5.74) is 4.88. The van der Waals surface area contributed by atoms with Crippen molar-refractivity contribution in [1.29, 1.82) is 0 Å². The van der Waals surface area contributed by atoms with Crippen molar-refractivity contribution < 1.29 is 14.3 Å². The molecule has 154 valence electrons. The molecule has 0 unspecified atom stereocenters. The average Bonchev–Trinajstić information content (AvgIpc) is 3.29. The molecule has 30 heavy (non-hydrogen) atoms. The zero-order chi connectivity index (χ0) is 20.3. The van der Waals surface area contributed by atoms with Crippen molar-refractivity contribution in [2.24, 2.45) is 11.3 Å². The maximum atomic E-state index is 14.2. The number of piperidine rings is 1. The second kappa shape index (κ2) is 5.47. The molecule has 2 fully saturated rings. The number of benzene rings is 2. The van der Waals surface area contributed by atoms with Gasteiger partial charge in [-0.15, -0.1) is 0 Å². The fraction of sp³-hybridized carbons (Fsp3) is 0.500. The van der Waals surface area contributed by atoms with Crippen LogP contribution in [0.15, 0.2) is 36.4 Å². The Morgan fingerprint density at radius 2 is 1.87 bits per heavy atom. The summed E-state index contributed by atoms with van der Waals surface area (Å²) in [6.07, 6.45) is 4.38. The maximum absolute atomic E-state index is 14.2. The summed E-state index contributed by atoms with van der Waals surface area (Å²) in [5, 5.41) is 0. The molecule has 4 heteroatoms. The molecule has 1 saturated carbocycles. The number of hydrogen-bond donors (Lipinski definition) is 0. The van der Waals surface area contributed by atoms with Crippen LogP contribution in [0.25, 0.3) is 0 Å². The predicted molar refractivity (Wildman–Crippen MR) is 113 cm³/mol. The van der Waals surface area contributed by atoms with E-state index in [0.717, 1.165) is 50.1 Å². The minimum absolute atomic E-state index is 0.175. The molecule has 3 aliphatic carbocycles. The summed E-state index contributed by atoms with van der Waals surface area (Å²) >= 11 is 0. The number of hydrogen-bond acceptors (Lipinski definition) is 4. The van der Waals surface area contributed by atoms with E-state index in [1.54, 1.807) is 7.11 Å². The number of carbonyl (C=O) groups is 1. The van der Waals surface area contributed by atoms with Crippen molar-refractivity contribution in [2.75, 3.05) is 20.7 Å². The second-order valence-electron chi connectivity index (χ2n) is 10.2. The number of Topliss-reactive ketones (excluding diaryl/α,β-unsaturated/α-hetero) is 1. The lowest BCUT2D eigenvalue weighted by Gasteiger charge is -2.60. The van der Waals surface area contributed by atoms with Crippen LogP contribution in [0.1, 0.15) is 35.1 Å². The molecule has 2 spiro atoms. The highest BCUT2D eigenvalue weighted by Crippen LogP contribution is 2.66. The van der Waals surface area contributed by atoms with Crippen LogP contribution in [0.2, 0.25) is 0 Å². The first-order valence-corrected chi connectivity index (χ1v) is 11.3. The SMILES string of the molecule is COc1ccc2c3c1O[C@H]1C(=O)C4(Cc5ccccc5C4)C[C@H]4[C@H](C2)N(C)CC[C@]314. The number of likely N-dealkylation sites (N-methyl/N-ethyl adjacent to an activating group) is 1. The third-order valence-electron chi connectivity index (χ3n) is 9.14. The lowest BCUT2D eigenvalue weighted by Crippen LogP contribution is -2.69. The van der Waals surface area contributed by atoms with Gasteiger partial charge in [0.25, 0.3) is 0 Å². The largest absolute Gasteiger partial charge is 0.493 e. The van der Waals surface area contributed by atoms with Gasteiger partial charge in [-0.05, 0) is 74.4 Å². The normalized spacial score (nSPS) is 34.5. The molecular weight excluding hydrogens is 374 g/mol. The number of ketones is 1. The lowest BCUT2D eigenvalue weighted by atomic mass is 9.47. The van der Waals surface area contributed by atoms with E-state index >= 15 is 0 Å². The standard InChI is InChI=1S/C26H27NO3/c1-27-10-9-26-18-14-25(12-16-5-3-4-6-17(16)13-25)23(28)24(26)30-22-20(29-2)8-7-15(21(22)26)11-19(18)27/h3-8,18-19,24H,9-14H2,1-2H3/t18-,19-,24-,26-/m0/s1. The van der Waals surface area contributed by atoms with Crippen molar-refractivity contribution in [1.82, 2.24) is 4.90 Å². The highest BCUT2D eigenvalue weighted by atomic mass is 16.5. The van der Waals surface area contributed by atoms with Crippen molar-refractivity contribution in [3.8, 4) is 11.5 Å². The highest BCUT2D eigenvalue weighted by Gasteiger charge is 2.70. The summed E-state index contributed by atoms with van der Waals surface area (Å²) in [7, 11) is 3.97. The predicted octanol–water partition coefficient (Wildman–Crippen LogP) is 3.33. The molecule has 0 radical (unpaired) electrons. The van der Waals surface area contributed by atoms with Gasteiger partial charge in [0.2, 0.25) is 0 Å². The lowest BCUT2D eigenvalue weighted by molar-refractivity contribution is -0.154. The van der Waals surface area contributed by atoms with Crippen molar-refractivity contribution in [2.45, 2.75) is 49.7 Å². The minimum atomic E-state index is -0.368. The van der Waals surface area contributed by atoms with Crippen LogP contribution in [0, 0.1) is 11.3 Å². The molecule has 4 atom stereocenters. The van der Waals surface area contributed by atoms with Crippen LogP contribution in [0.3, 0.4) is 0 Å². The Balaban J connectivity index is 1.43. The van der Waals surface area contributed by atoms with Gasteiger partial charge in [-0.3, -0.25) is 4.79 Å². The number of rotatable bonds is 1. The van der Waals surface area contributed by atoms with Crippen LogP contribution in [0.5, 0.6) is 11.5 Å². The number of methoxy groups -OCH3 is 1. The molecule has 7 rings (SSSR count). The Kier molecular flexibility index (Phi) is 3.17. The van der Waals surface area contributed by atoms with E-state index in [9.17, 15) is 4.79 Å². The smallest absolute Gasteiger partial charge is 0.181 e. The fourth-order valence-corrected chi connectivity index (χ4v) is 7.86. The van der Waals surface area contributed by atoms with E-state index < -0.39 is 0 Å². The van der Waals surface area contributed by atoms with E-state index in [0.29, 0.717) is 17.7 Å². The number of carbonyl (C=O) groups excluding carboxylic acids is 1. The Labute approximate surface area is 177 Å². The van der Waals surface area contributed by atoms with E-state index in [1.165, 1.54) is 22.3 Å². The van der Waals surface area contributed by atoms with Gasteiger partial charge >= 0.3 is 0 Å². The summed E-state index contributed by atoms with van der Waals surface area (Å²) < 4.78 is 12.3. The average molecular weight is 402 g/mol. The number of ether oxygens (including phenoxy) is 2. The maximum Gasteiger partial charge on any atom is 0.181 e. The van der Waals surface area contributed by atoms with Crippen LogP contribution < -0.4 is 9.47 Å². The molecular formula is C26H27NO3. The molecule has 0 aromatic heterocycles. The van der Waals surface area contributed by atoms with Gasteiger partial charge in [0.1, 0.15) is 0 Å². The summed E-state index contributed by atoms with van der Waals surface area (Å²) in [6.45, 7) is 1.03. The van der Waals surface area contributed by atoms with Crippen molar-refractivity contribution in [3.63, 3.8) is 0 Å².